The molecule has 236 valence electrons. The van der Waals surface area contributed by atoms with Gasteiger partial charge in [-0.3, -0.25) is 14.5 Å². The average Bonchev–Trinajstić information content (AvgIpc) is 3.51. The summed E-state index contributed by atoms with van der Waals surface area (Å²) in [6, 6.07) is 5.76. The summed E-state index contributed by atoms with van der Waals surface area (Å²) in [6.45, 7) is 0.147. The number of fused-ring (bicyclic) bond motifs is 1. The van der Waals surface area contributed by atoms with Gasteiger partial charge in [-0.15, -0.1) is 0 Å². The van der Waals surface area contributed by atoms with Crippen molar-refractivity contribution in [3.8, 4) is 0 Å². The number of aromatic nitrogens is 2. The molecule has 0 radical (unpaired) electrons. The molecule has 1 saturated heterocycles. The Bertz CT molecular complexity index is 1380. The third kappa shape index (κ3) is 6.74. The van der Waals surface area contributed by atoms with E-state index in [0.717, 1.165) is 30.3 Å². The summed E-state index contributed by atoms with van der Waals surface area (Å²) in [5.41, 5.74) is 1.80. The van der Waals surface area contributed by atoms with Gasteiger partial charge in [0, 0.05) is 18.5 Å². The van der Waals surface area contributed by atoms with Crippen LogP contribution in [0, 0.1) is 23.2 Å². The van der Waals surface area contributed by atoms with E-state index < -0.39 is 30.1 Å². The van der Waals surface area contributed by atoms with Crippen LogP contribution in [-0.2, 0) is 19.1 Å². The quantitative estimate of drug-likeness (QED) is 0.143. The second-order valence-corrected chi connectivity index (χ2v) is 13.3. The first-order valence-electron chi connectivity index (χ1n) is 15.4. The minimum atomic E-state index is -1.38. The largest absolute Gasteiger partial charge is 0.480 e. The zero-order valence-electron chi connectivity index (χ0n) is 24.5. The Balaban J connectivity index is 0.908. The van der Waals surface area contributed by atoms with Crippen molar-refractivity contribution in [1.29, 1.82) is 0 Å². The van der Waals surface area contributed by atoms with Crippen LogP contribution in [0.15, 0.2) is 24.3 Å². The van der Waals surface area contributed by atoms with E-state index in [9.17, 15) is 24.3 Å². The molecule has 1 aliphatic heterocycles. The van der Waals surface area contributed by atoms with Gasteiger partial charge in [-0.25, -0.2) is 14.6 Å². The summed E-state index contributed by atoms with van der Waals surface area (Å²) in [5.74, 6) is 0.558. The Labute approximate surface area is 260 Å². The van der Waals surface area contributed by atoms with Gasteiger partial charge >= 0.3 is 12.1 Å². The van der Waals surface area contributed by atoms with Crippen molar-refractivity contribution in [3.63, 3.8) is 0 Å². The first-order valence-corrected chi connectivity index (χ1v) is 15.8. The number of thiocarbonyl (C=S) groups is 1. The molecule has 5 aliphatic rings. The Kier molecular flexibility index (Phi) is 8.61. The van der Waals surface area contributed by atoms with Gasteiger partial charge in [-0.2, -0.15) is 0 Å². The number of carboxylic acid groups (broad SMARTS) is 1. The highest BCUT2D eigenvalue weighted by atomic mass is 32.1. The van der Waals surface area contributed by atoms with Gasteiger partial charge in [0.1, 0.15) is 18.6 Å². The summed E-state index contributed by atoms with van der Waals surface area (Å²) >= 11 is 5.28. The number of hydrogen-bond acceptors (Lipinski definition) is 8. The maximum Gasteiger partial charge on any atom is 0.407 e. The van der Waals surface area contributed by atoms with Crippen LogP contribution in [0.2, 0.25) is 0 Å². The normalized spacial score (nSPS) is 27.7. The van der Waals surface area contributed by atoms with Crippen LogP contribution in [0.1, 0.15) is 51.4 Å². The number of amides is 3. The Morgan fingerprint density at radius 3 is 2.52 bits per heavy atom. The molecule has 1 aromatic heterocycles. The SMILES string of the molecule is O=C(CN1C(=O)[C@H](CCCNc2nc3ccccc3[nH]2)NC1=S)NC[C@H](NC(=O)OCC12CC3CC(CC(C3)C1)C2)C(=O)O. The van der Waals surface area contributed by atoms with E-state index in [1.54, 1.807) is 0 Å². The first kappa shape index (κ1) is 30.1. The molecule has 4 aliphatic carbocycles. The van der Waals surface area contributed by atoms with Gasteiger partial charge in [-0.05, 0) is 93.5 Å². The van der Waals surface area contributed by atoms with E-state index in [2.05, 4.69) is 31.2 Å². The van der Waals surface area contributed by atoms with Crippen molar-refractivity contribution < 1.29 is 29.0 Å². The smallest absolute Gasteiger partial charge is 0.407 e. The minimum absolute atomic E-state index is 0.0106. The predicted octanol–water partition coefficient (Wildman–Crippen LogP) is 2.35. The van der Waals surface area contributed by atoms with Crippen LogP contribution >= 0.6 is 12.2 Å². The third-order valence-corrected chi connectivity index (χ3v) is 9.87. The Morgan fingerprint density at radius 2 is 1.84 bits per heavy atom. The molecular formula is C30H39N7O6S. The summed E-state index contributed by atoms with van der Waals surface area (Å²) in [5, 5.41) is 20.8. The van der Waals surface area contributed by atoms with Crippen molar-refractivity contribution in [2.45, 2.75) is 63.5 Å². The highest BCUT2D eigenvalue weighted by molar-refractivity contribution is 7.80. The molecule has 2 aromatic rings. The van der Waals surface area contributed by atoms with E-state index in [0.29, 0.717) is 49.7 Å². The number of H-pyrrole nitrogens is 1. The lowest BCUT2D eigenvalue weighted by atomic mass is 9.50. The van der Waals surface area contributed by atoms with E-state index in [-0.39, 0.29) is 29.5 Å². The molecule has 7 rings (SSSR count). The van der Waals surface area contributed by atoms with Crippen LogP contribution in [0.3, 0.4) is 0 Å². The minimum Gasteiger partial charge on any atom is -0.480 e. The van der Waals surface area contributed by atoms with Crippen LogP contribution in [-0.4, -0.2) is 87.3 Å². The number of imidazole rings is 1. The molecule has 14 heteroatoms. The molecule has 44 heavy (non-hydrogen) atoms. The number of para-hydroxylation sites is 2. The maximum absolute atomic E-state index is 12.9. The number of benzene rings is 1. The number of hydrogen-bond donors (Lipinski definition) is 6. The molecule has 5 fully saturated rings. The third-order valence-electron chi connectivity index (χ3n) is 9.53. The number of nitrogens with zero attached hydrogens (tertiary/aromatic N) is 2. The van der Waals surface area contributed by atoms with Gasteiger partial charge in [-0.1, -0.05) is 12.1 Å². The van der Waals surface area contributed by atoms with Gasteiger partial charge in [0.15, 0.2) is 5.11 Å². The van der Waals surface area contributed by atoms with E-state index in [1.807, 2.05) is 24.3 Å². The van der Waals surface area contributed by atoms with Crippen LogP contribution in [0.4, 0.5) is 10.7 Å². The predicted molar refractivity (Wildman–Crippen MR) is 165 cm³/mol. The average molecular weight is 626 g/mol. The lowest BCUT2D eigenvalue weighted by molar-refractivity contribution is -0.139. The monoisotopic (exact) mass is 625 g/mol. The second kappa shape index (κ2) is 12.6. The zero-order valence-corrected chi connectivity index (χ0v) is 25.3. The van der Waals surface area contributed by atoms with Crippen molar-refractivity contribution in [2.24, 2.45) is 23.2 Å². The van der Waals surface area contributed by atoms with Gasteiger partial charge in [0.2, 0.25) is 11.9 Å². The first-order chi connectivity index (χ1) is 21.2. The molecule has 4 bridgehead atoms. The van der Waals surface area contributed by atoms with Crippen molar-refractivity contribution >= 4 is 58.2 Å². The number of aliphatic carboxylic acids is 1. The number of ether oxygens (including phenoxy) is 1. The maximum atomic E-state index is 12.9. The number of nitrogens with one attached hydrogen (secondary N) is 5. The lowest BCUT2D eigenvalue weighted by Crippen LogP contribution is -2.52. The molecule has 3 amide bonds. The molecule has 2 heterocycles. The number of carboxylic acids is 1. The Hall–Kier alpha value is -3.94. The van der Waals surface area contributed by atoms with Gasteiger partial charge in [0.05, 0.1) is 17.6 Å². The summed E-state index contributed by atoms with van der Waals surface area (Å²) in [7, 11) is 0. The molecule has 1 aromatic carbocycles. The van der Waals surface area contributed by atoms with Gasteiger partial charge < -0.3 is 36.1 Å². The zero-order chi connectivity index (χ0) is 30.8. The fraction of sp³-hybridized carbons (Fsp3) is 0.600. The number of anilines is 1. The van der Waals surface area contributed by atoms with Crippen molar-refractivity contribution in [3.05, 3.63) is 24.3 Å². The molecule has 0 spiro atoms. The number of carbonyl (C=O) groups is 4. The standard InChI is InChI=1S/C30H39N7O6S/c38-24(15-37-25(39)22(35-28(37)44)6-3-7-31-27-33-20-4-1-2-5-21(20)34-27)32-14-23(26(40)41)36-29(42)43-16-30-11-17-8-18(12-30)10-19(9-17)13-30/h1-2,4-5,17-19,22-23H,3,6-16H2,(H,32,38)(H,35,44)(H,36,42)(H,40,41)(H2,31,33,34)/t17?,18?,19?,22-,23-,30?/m0/s1. The Morgan fingerprint density at radius 1 is 1.14 bits per heavy atom. The highest BCUT2D eigenvalue weighted by Gasteiger charge is 2.51. The molecule has 6 N–H and O–H groups in total. The second-order valence-electron chi connectivity index (χ2n) is 12.9. The van der Waals surface area contributed by atoms with Crippen LogP contribution < -0.4 is 21.3 Å². The summed E-state index contributed by atoms with van der Waals surface area (Å²) in [4.78, 5) is 58.7. The lowest BCUT2D eigenvalue weighted by Gasteiger charge is -2.56. The number of rotatable bonds is 13. The molecule has 0 unspecified atom stereocenters. The fourth-order valence-corrected chi connectivity index (χ4v) is 8.25. The number of carbonyl (C=O) groups excluding carboxylic acids is 3. The topological polar surface area (TPSA) is 178 Å². The summed E-state index contributed by atoms with van der Waals surface area (Å²) in [6.07, 6.45) is 7.36. The van der Waals surface area contributed by atoms with Gasteiger partial charge in [0.25, 0.3) is 5.91 Å². The number of aromatic amines is 1. The molecule has 13 nitrogen and oxygen atoms in total. The van der Waals surface area contributed by atoms with Crippen molar-refractivity contribution in [1.82, 2.24) is 30.8 Å². The van der Waals surface area contributed by atoms with E-state index >= 15 is 0 Å². The summed E-state index contributed by atoms with van der Waals surface area (Å²) < 4.78 is 5.53. The van der Waals surface area contributed by atoms with E-state index in [1.165, 1.54) is 24.2 Å². The van der Waals surface area contributed by atoms with Crippen LogP contribution in [0.5, 0.6) is 0 Å². The molecule has 4 saturated carbocycles. The molecule has 2 atom stereocenters. The van der Waals surface area contributed by atoms with Crippen molar-refractivity contribution in [2.75, 3.05) is 31.6 Å². The van der Waals surface area contributed by atoms with E-state index in [4.69, 9.17) is 17.0 Å². The number of alkyl carbamates (subject to hydrolysis) is 1. The molecular weight excluding hydrogens is 586 g/mol. The fourth-order valence-electron chi connectivity index (χ4n) is 7.96. The van der Waals surface area contributed by atoms with Crippen LogP contribution in [0.25, 0.3) is 11.0 Å². The highest BCUT2D eigenvalue weighted by Crippen LogP contribution is 2.60.